The molecule has 18 heavy (non-hydrogen) atoms. The molecule has 0 aliphatic heterocycles. The van der Waals surface area contributed by atoms with Gasteiger partial charge in [-0.2, -0.15) is 0 Å². The number of nitrogens with two attached hydrogens (primary N) is 1. The van der Waals surface area contributed by atoms with Crippen LogP contribution in [-0.2, 0) is 17.9 Å². The van der Waals surface area contributed by atoms with Crippen molar-refractivity contribution in [3.05, 3.63) is 77.5 Å². The number of hydrogen-bond acceptors (Lipinski definition) is 2. The summed E-state index contributed by atoms with van der Waals surface area (Å²) in [6.07, 6.45) is 3.67. The van der Waals surface area contributed by atoms with Crippen molar-refractivity contribution in [3.63, 3.8) is 0 Å². The molecule has 0 bridgehead atoms. The Morgan fingerprint density at radius 1 is 0.889 bits per heavy atom. The van der Waals surface area contributed by atoms with Crippen molar-refractivity contribution in [2.45, 2.75) is 13.2 Å². The van der Waals surface area contributed by atoms with Gasteiger partial charge in [-0.1, -0.05) is 54.6 Å². The van der Waals surface area contributed by atoms with E-state index in [-0.39, 0.29) is 0 Å². The Bertz CT molecular complexity index is 488. The normalized spacial score (nSPS) is 10.7. The maximum atomic E-state index is 5.54. The van der Waals surface area contributed by atoms with Crippen LogP contribution in [0.4, 0.5) is 0 Å². The number of rotatable bonds is 5. The predicted molar refractivity (Wildman–Crippen MR) is 74.6 cm³/mol. The van der Waals surface area contributed by atoms with E-state index >= 15 is 0 Å². The molecule has 2 heteroatoms. The van der Waals surface area contributed by atoms with E-state index in [1.54, 1.807) is 6.26 Å². The number of benzene rings is 2. The monoisotopic (exact) mass is 239 g/mol. The summed E-state index contributed by atoms with van der Waals surface area (Å²) < 4.78 is 5.47. The van der Waals surface area contributed by atoms with Gasteiger partial charge in [-0.3, -0.25) is 0 Å². The summed E-state index contributed by atoms with van der Waals surface area (Å²) in [6, 6.07) is 18.2. The van der Waals surface area contributed by atoms with Crippen molar-refractivity contribution in [3.8, 4) is 0 Å². The SMILES string of the molecule is NCc1ccc(C=COCc2ccccc2)cc1. The van der Waals surface area contributed by atoms with Crippen molar-refractivity contribution < 1.29 is 4.74 Å². The fourth-order valence-corrected chi connectivity index (χ4v) is 1.61. The third-order valence-electron chi connectivity index (χ3n) is 2.66. The van der Waals surface area contributed by atoms with Gasteiger partial charge in [-0.25, -0.2) is 0 Å². The summed E-state index contributed by atoms with van der Waals surface area (Å²) in [7, 11) is 0. The minimum Gasteiger partial charge on any atom is -0.496 e. The summed E-state index contributed by atoms with van der Waals surface area (Å²) in [5.74, 6) is 0. The molecule has 0 heterocycles. The van der Waals surface area contributed by atoms with Crippen LogP contribution in [0.1, 0.15) is 16.7 Å². The summed E-state index contributed by atoms with van der Waals surface area (Å²) >= 11 is 0. The quantitative estimate of drug-likeness (QED) is 0.812. The highest BCUT2D eigenvalue weighted by atomic mass is 16.5. The van der Waals surface area contributed by atoms with Gasteiger partial charge < -0.3 is 10.5 Å². The van der Waals surface area contributed by atoms with Crippen LogP contribution in [0, 0.1) is 0 Å². The molecule has 2 rings (SSSR count). The zero-order valence-corrected chi connectivity index (χ0v) is 10.3. The van der Waals surface area contributed by atoms with Crippen LogP contribution in [-0.4, -0.2) is 0 Å². The molecule has 0 aliphatic carbocycles. The largest absolute Gasteiger partial charge is 0.496 e. The first-order valence-corrected chi connectivity index (χ1v) is 5.99. The molecule has 0 amide bonds. The van der Waals surface area contributed by atoms with E-state index in [9.17, 15) is 0 Å². The first-order chi connectivity index (χ1) is 8.88. The lowest BCUT2D eigenvalue weighted by molar-refractivity contribution is 0.239. The Kier molecular flexibility index (Phi) is 4.56. The van der Waals surface area contributed by atoms with E-state index in [1.807, 2.05) is 60.7 Å². The van der Waals surface area contributed by atoms with Crippen LogP contribution < -0.4 is 5.73 Å². The van der Waals surface area contributed by atoms with Crippen LogP contribution in [0.2, 0.25) is 0 Å². The summed E-state index contributed by atoms with van der Waals surface area (Å²) in [4.78, 5) is 0. The summed E-state index contributed by atoms with van der Waals surface area (Å²) in [6.45, 7) is 1.17. The van der Waals surface area contributed by atoms with Crippen molar-refractivity contribution in [1.29, 1.82) is 0 Å². The number of hydrogen-bond donors (Lipinski definition) is 1. The van der Waals surface area contributed by atoms with Gasteiger partial charge in [0.15, 0.2) is 0 Å². The van der Waals surface area contributed by atoms with Crippen LogP contribution in [0.5, 0.6) is 0 Å². The Morgan fingerprint density at radius 2 is 1.61 bits per heavy atom. The molecule has 0 fully saturated rings. The van der Waals surface area contributed by atoms with Crippen molar-refractivity contribution in [2.24, 2.45) is 5.73 Å². The Morgan fingerprint density at radius 3 is 2.28 bits per heavy atom. The molecule has 0 aliphatic rings. The second-order valence-electron chi connectivity index (χ2n) is 4.05. The van der Waals surface area contributed by atoms with E-state index in [0.717, 1.165) is 11.1 Å². The van der Waals surface area contributed by atoms with Crippen LogP contribution in [0.25, 0.3) is 6.08 Å². The molecule has 0 aromatic heterocycles. The van der Waals surface area contributed by atoms with E-state index < -0.39 is 0 Å². The molecular formula is C16H17NO. The van der Waals surface area contributed by atoms with Gasteiger partial charge in [-0.05, 0) is 22.8 Å². The Balaban J connectivity index is 1.84. The molecule has 0 saturated heterocycles. The van der Waals surface area contributed by atoms with Gasteiger partial charge in [0, 0.05) is 6.54 Å². The van der Waals surface area contributed by atoms with Gasteiger partial charge in [0.05, 0.1) is 6.26 Å². The molecular weight excluding hydrogens is 222 g/mol. The van der Waals surface area contributed by atoms with Crippen LogP contribution >= 0.6 is 0 Å². The maximum Gasteiger partial charge on any atom is 0.112 e. The zero-order chi connectivity index (χ0) is 12.6. The minimum absolute atomic E-state index is 0.578. The number of ether oxygens (including phenoxy) is 1. The third-order valence-corrected chi connectivity index (χ3v) is 2.66. The van der Waals surface area contributed by atoms with Gasteiger partial charge in [0.1, 0.15) is 6.61 Å². The lowest BCUT2D eigenvalue weighted by Gasteiger charge is -2.01. The highest BCUT2D eigenvalue weighted by Gasteiger charge is 1.90. The second kappa shape index (κ2) is 6.62. The molecule has 0 atom stereocenters. The molecule has 0 saturated carbocycles. The van der Waals surface area contributed by atoms with Gasteiger partial charge in [0.25, 0.3) is 0 Å². The molecule has 2 N–H and O–H groups in total. The lowest BCUT2D eigenvalue weighted by atomic mass is 10.1. The first kappa shape index (κ1) is 12.4. The average molecular weight is 239 g/mol. The smallest absolute Gasteiger partial charge is 0.112 e. The standard InChI is InChI=1S/C16H17NO/c17-12-15-8-6-14(7-9-15)10-11-18-13-16-4-2-1-3-5-16/h1-11H,12-13,17H2. The maximum absolute atomic E-state index is 5.54. The average Bonchev–Trinajstić information content (AvgIpc) is 2.45. The van der Waals surface area contributed by atoms with E-state index in [0.29, 0.717) is 13.2 Å². The zero-order valence-electron chi connectivity index (χ0n) is 10.3. The fraction of sp³-hybridized carbons (Fsp3) is 0.125. The Hall–Kier alpha value is -2.06. The Labute approximate surface area is 108 Å². The second-order valence-corrected chi connectivity index (χ2v) is 4.05. The van der Waals surface area contributed by atoms with Crippen molar-refractivity contribution in [1.82, 2.24) is 0 Å². The topological polar surface area (TPSA) is 35.2 Å². The molecule has 0 radical (unpaired) electrons. The first-order valence-electron chi connectivity index (χ1n) is 5.99. The van der Waals surface area contributed by atoms with Gasteiger partial charge >= 0.3 is 0 Å². The van der Waals surface area contributed by atoms with E-state index in [4.69, 9.17) is 10.5 Å². The van der Waals surface area contributed by atoms with Crippen LogP contribution in [0.3, 0.4) is 0 Å². The highest BCUT2D eigenvalue weighted by molar-refractivity contribution is 5.48. The third kappa shape index (κ3) is 3.75. The predicted octanol–water partition coefficient (Wildman–Crippen LogP) is 3.33. The van der Waals surface area contributed by atoms with Crippen LogP contribution in [0.15, 0.2) is 60.9 Å². The summed E-state index contributed by atoms with van der Waals surface area (Å²) in [5, 5.41) is 0. The molecule has 0 unspecified atom stereocenters. The van der Waals surface area contributed by atoms with E-state index in [2.05, 4.69) is 0 Å². The minimum atomic E-state index is 0.578. The molecule has 2 aromatic rings. The van der Waals surface area contributed by atoms with Crippen molar-refractivity contribution >= 4 is 6.08 Å². The molecule has 92 valence electrons. The van der Waals surface area contributed by atoms with Gasteiger partial charge in [-0.15, -0.1) is 0 Å². The summed E-state index contributed by atoms with van der Waals surface area (Å²) in [5.41, 5.74) is 8.96. The molecule has 0 spiro atoms. The lowest BCUT2D eigenvalue weighted by Crippen LogP contribution is -1.95. The fourth-order valence-electron chi connectivity index (χ4n) is 1.61. The highest BCUT2D eigenvalue weighted by Crippen LogP contribution is 2.06. The molecule has 2 aromatic carbocycles. The van der Waals surface area contributed by atoms with Gasteiger partial charge in [0.2, 0.25) is 0 Å². The van der Waals surface area contributed by atoms with Crippen molar-refractivity contribution in [2.75, 3.05) is 0 Å². The molecule has 2 nitrogen and oxygen atoms in total. The van der Waals surface area contributed by atoms with E-state index in [1.165, 1.54) is 5.56 Å².